The Hall–Kier alpha value is -2.79. The minimum Gasteiger partial charge on any atom is -0.482 e. The maximum absolute atomic E-state index is 12.4. The van der Waals surface area contributed by atoms with Crippen LogP contribution in [0.5, 0.6) is 11.5 Å². The fraction of sp³-hybridized carbons (Fsp3) is 0.158. The first-order valence-electron chi connectivity index (χ1n) is 7.69. The number of fused-ring (bicyclic) bond motifs is 1. The monoisotopic (exact) mass is 358 g/mol. The molecule has 6 heteroatoms. The van der Waals surface area contributed by atoms with Gasteiger partial charge in [0.25, 0.3) is 0 Å². The fourth-order valence-electron chi connectivity index (χ4n) is 2.34. The number of ether oxygens (including phenoxy) is 3. The highest BCUT2D eigenvalue weighted by molar-refractivity contribution is 6.32. The van der Waals surface area contributed by atoms with Crippen LogP contribution in [0.25, 0.3) is 6.08 Å². The van der Waals surface area contributed by atoms with Gasteiger partial charge in [-0.05, 0) is 36.8 Å². The number of allylic oxidation sites excluding steroid dienone is 1. The number of carbonyl (C=O) groups is 2. The van der Waals surface area contributed by atoms with E-state index in [9.17, 15) is 9.59 Å². The molecule has 0 fully saturated rings. The molecule has 25 heavy (non-hydrogen) atoms. The smallest absolute Gasteiger partial charge is 0.344 e. The highest BCUT2D eigenvalue weighted by Crippen LogP contribution is 2.35. The summed E-state index contributed by atoms with van der Waals surface area (Å²) in [6.45, 7) is 1.81. The van der Waals surface area contributed by atoms with Gasteiger partial charge in [0.15, 0.2) is 12.4 Å². The average Bonchev–Trinajstić information content (AvgIpc) is 2.91. The van der Waals surface area contributed by atoms with E-state index < -0.39 is 5.97 Å². The normalized spacial score (nSPS) is 14.2. The maximum atomic E-state index is 12.4. The van der Waals surface area contributed by atoms with Crippen molar-refractivity contribution >= 4 is 29.4 Å². The van der Waals surface area contributed by atoms with E-state index in [4.69, 9.17) is 25.8 Å². The van der Waals surface area contributed by atoms with Crippen LogP contribution in [0.15, 0.2) is 48.2 Å². The molecule has 0 radical (unpaired) electrons. The second kappa shape index (κ2) is 7.40. The zero-order chi connectivity index (χ0) is 17.8. The van der Waals surface area contributed by atoms with E-state index in [0.717, 1.165) is 0 Å². The van der Waals surface area contributed by atoms with Crippen LogP contribution >= 0.6 is 11.6 Å². The number of rotatable bonds is 5. The van der Waals surface area contributed by atoms with E-state index in [1.165, 1.54) is 0 Å². The summed E-state index contributed by atoms with van der Waals surface area (Å²) in [4.78, 5) is 23.8. The lowest BCUT2D eigenvalue weighted by atomic mass is 10.1. The van der Waals surface area contributed by atoms with Crippen molar-refractivity contribution in [2.75, 3.05) is 13.2 Å². The summed E-state index contributed by atoms with van der Waals surface area (Å²) in [6.07, 6.45) is 1.60. The van der Waals surface area contributed by atoms with Gasteiger partial charge in [-0.25, -0.2) is 4.79 Å². The van der Waals surface area contributed by atoms with Gasteiger partial charge in [-0.2, -0.15) is 0 Å². The van der Waals surface area contributed by atoms with Crippen LogP contribution in [0.4, 0.5) is 0 Å². The largest absolute Gasteiger partial charge is 0.482 e. The third-order valence-electron chi connectivity index (χ3n) is 3.50. The molecule has 0 aliphatic carbocycles. The van der Waals surface area contributed by atoms with E-state index in [-0.39, 0.29) is 18.1 Å². The molecule has 1 heterocycles. The molecule has 0 atom stereocenters. The molecular weight excluding hydrogens is 344 g/mol. The number of esters is 1. The van der Waals surface area contributed by atoms with E-state index in [0.29, 0.717) is 34.3 Å². The Morgan fingerprint density at radius 3 is 2.80 bits per heavy atom. The second-order valence-electron chi connectivity index (χ2n) is 5.21. The zero-order valence-corrected chi connectivity index (χ0v) is 14.2. The van der Waals surface area contributed by atoms with Gasteiger partial charge in [-0.3, -0.25) is 4.79 Å². The Balaban J connectivity index is 1.77. The lowest BCUT2D eigenvalue weighted by Gasteiger charge is -2.06. The molecule has 3 rings (SSSR count). The molecule has 0 amide bonds. The zero-order valence-electron chi connectivity index (χ0n) is 13.5. The van der Waals surface area contributed by atoms with Crippen molar-refractivity contribution in [3.05, 3.63) is 64.4 Å². The molecule has 1 aliphatic heterocycles. The van der Waals surface area contributed by atoms with Crippen LogP contribution in [0, 0.1) is 0 Å². The van der Waals surface area contributed by atoms with Crippen molar-refractivity contribution in [1.29, 1.82) is 0 Å². The van der Waals surface area contributed by atoms with Crippen molar-refractivity contribution in [2.24, 2.45) is 0 Å². The Morgan fingerprint density at radius 1 is 1.24 bits per heavy atom. The quantitative estimate of drug-likeness (QED) is 0.599. The molecule has 0 N–H and O–H groups in total. The van der Waals surface area contributed by atoms with Crippen LogP contribution in [-0.4, -0.2) is 25.0 Å². The minimum absolute atomic E-state index is 0.186. The molecule has 5 nitrogen and oxygen atoms in total. The summed E-state index contributed by atoms with van der Waals surface area (Å²) in [7, 11) is 0. The summed E-state index contributed by atoms with van der Waals surface area (Å²) >= 11 is 6.11. The highest BCUT2D eigenvalue weighted by atomic mass is 35.5. The van der Waals surface area contributed by atoms with Crippen LogP contribution in [0.3, 0.4) is 0 Å². The van der Waals surface area contributed by atoms with Crippen LogP contribution < -0.4 is 9.47 Å². The fourth-order valence-corrected chi connectivity index (χ4v) is 2.53. The molecule has 2 aromatic carbocycles. The van der Waals surface area contributed by atoms with Crippen LogP contribution in [-0.2, 0) is 9.53 Å². The van der Waals surface area contributed by atoms with Crippen molar-refractivity contribution in [1.82, 2.24) is 0 Å². The number of hydrogen-bond acceptors (Lipinski definition) is 5. The van der Waals surface area contributed by atoms with E-state index in [1.54, 1.807) is 43.3 Å². The third-order valence-corrected chi connectivity index (χ3v) is 3.84. The predicted molar refractivity (Wildman–Crippen MR) is 93.0 cm³/mol. The SMILES string of the molecule is CCOC(=O)COc1ccc2c(c1)O/C(=C\c1ccccc1Cl)C2=O. The number of benzene rings is 2. The molecule has 1 aliphatic rings. The topological polar surface area (TPSA) is 61.8 Å². The standard InChI is InChI=1S/C19H15ClO5/c1-2-23-18(21)11-24-13-7-8-14-16(10-13)25-17(19(14)22)9-12-5-3-4-6-15(12)20/h3-10H,2,11H2,1H3/b17-9-. The number of carbonyl (C=O) groups excluding carboxylic acids is 2. The lowest BCUT2D eigenvalue weighted by Crippen LogP contribution is -2.14. The molecule has 0 saturated heterocycles. The van der Waals surface area contributed by atoms with Gasteiger partial charge in [0, 0.05) is 11.1 Å². The van der Waals surface area contributed by atoms with Gasteiger partial charge in [0.2, 0.25) is 5.78 Å². The van der Waals surface area contributed by atoms with E-state index in [2.05, 4.69) is 0 Å². The van der Waals surface area contributed by atoms with Gasteiger partial charge >= 0.3 is 5.97 Å². The van der Waals surface area contributed by atoms with Crippen LogP contribution in [0.2, 0.25) is 5.02 Å². The average molecular weight is 359 g/mol. The van der Waals surface area contributed by atoms with Crippen molar-refractivity contribution in [3.8, 4) is 11.5 Å². The molecule has 0 bridgehead atoms. The maximum Gasteiger partial charge on any atom is 0.344 e. The van der Waals surface area contributed by atoms with Crippen LogP contribution in [0.1, 0.15) is 22.8 Å². The van der Waals surface area contributed by atoms with E-state index >= 15 is 0 Å². The Morgan fingerprint density at radius 2 is 2.04 bits per heavy atom. The summed E-state index contributed by atoms with van der Waals surface area (Å²) in [5, 5.41) is 0.529. The Bertz CT molecular complexity index is 857. The molecule has 0 aromatic heterocycles. The lowest BCUT2D eigenvalue weighted by molar-refractivity contribution is -0.145. The van der Waals surface area contributed by atoms with Gasteiger partial charge in [0.1, 0.15) is 11.5 Å². The van der Waals surface area contributed by atoms with Gasteiger partial charge in [-0.1, -0.05) is 29.8 Å². The number of halogens is 1. The molecule has 2 aromatic rings. The van der Waals surface area contributed by atoms with Crippen molar-refractivity contribution in [3.63, 3.8) is 0 Å². The second-order valence-corrected chi connectivity index (χ2v) is 5.62. The Labute approximate surface area is 149 Å². The highest BCUT2D eigenvalue weighted by Gasteiger charge is 2.28. The number of Topliss-reactive ketones (excluding diaryl/α,β-unsaturated/α-hetero) is 1. The molecule has 0 spiro atoms. The first-order chi connectivity index (χ1) is 12.1. The van der Waals surface area contributed by atoms with Crippen molar-refractivity contribution < 1.29 is 23.8 Å². The first-order valence-corrected chi connectivity index (χ1v) is 8.07. The first kappa shape index (κ1) is 17.0. The summed E-state index contributed by atoms with van der Waals surface area (Å²) in [5.74, 6) is 0.292. The summed E-state index contributed by atoms with van der Waals surface area (Å²) in [5.41, 5.74) is 1.13. The Kier molecular flexibility index (Phi) is 5.05. The van der Waals surface area contributed by atoms with Gasteiger partial charge in [-0.15, -0.1) is 0 Å². The summed E-state index contributed by atoms with van der Waals surface area (Å²) < 4.78 is 15.8. The number of hydrogen-bond donors (Lipinski definition) is 0. The van der Waals surface area contributed by atoms with Crippen molar-refractivity contribution in [2.45, 2.75) is 6.92 Å². The van der Waals surface area contributed by atoms with Gasteiger partial charge < -0.3 is 14.2 Å². The summed E-state index contributed by atoms with van der Waals surface area (Å²) in [6, 6.07) is 11.9. The van der Waals surface area contributed by atoms with E-state index in [1.807, 2.05) is 12.1 Å². The van der Waals surface area contributed by atoms with Gasteiger partial charge in [0.05, 0.1) is 12.2 Å². The number of ketones is 1. The molecular formula is C19H15ClO5. The molecule has 128 valence electrons. The minimum atomic E-state index is -0.459. The predicted octanol–water partition coefficient (Wildman–Crippen LogP) is 3.90. The third kappa shape index (κ3) is 3.83. The molecule has 0 saturated carbocycles. The molecule has 0 unspecified atom stereocenters.